The van der Waals surface area contributed by atoms with Gasteiger partial charge >= 0.3 is 0 Å². The Morgan fingerprint density at radius 2 is 1.86 bits per heavy atom. The number of amides is 1. The first-order valence-electron chi connectivity index (χ1n) is 9.97. The summed E-state index contributed by atoms with van der Waals surface area (Å²) in [5.74, 6) is 1.21. The first-order chi connectivity index (χ1) is 13.9. The summed E-state index contributed by atoms with van der Waals surface area (Å²) in [5.41, 5.74) is 0.926. The minimum atomic E-state index is -0.308. The largest absolute Gasteiger partial charge is 0.497 e. The molecule has 29 heavy (non-hydrogen) atoms. The Hall–Kier alpha value is -2.42. The Morgan fingerprint density at radius 3 is 2.48 bits per heavy atom. The first kappa shape index (κ1) is 21.3. The molecule has 0 saturated carbocycles. The fraction of sp³-hybridized carbons (Fsp3) is 0.524. The summed E-state index contributed by atoms with van der Waals surface area (Å²) in [6.07, 6.45) is 1.10. The lowest BCUT2D eigenvalue weighted by Gasteiger charge is -2.35. The number of carbonyl (C=O) groups excluding carboxylic acids is 1. The maximum atomic E-state index is 12.4. The molecule has 1 saturated heterocycles. The van der Waals surface area contributed by atoms with E-state index in [4.69, 9.17) is 9.15 Å². The van der Waals surface area contributed by atoms with E-state index >= 15 is 0 Å². The fourth-order valence-electron chi connectivity index (χ4n) is 3.15. The Morgan fingerprint density at radius 1 is 1.21 bits per heavy atom. The molecule has 8 nitrogen and oxygen atoms in total. The molecule has 1 aromatic heterocycles. The van der Waals surface area contributed by atoms with Crippen molar-refractivity contribution < 1.29 is 19.1 Å². The van der Waals surface area contributed by atoms with Crippen molar-refractivity contribution in [3.8, 4) is 5.75 Å². The number of oxazole rings is 1. The summed E-state index contributed by atoms with van der Waals surface area (Å²) < 4.78 is 10.6. The van der Waals surface area contributed by atoms with Gasteiger partial charge in [-0.1, -0.05) is 13.8 Å². The number of nitrogens with zero attached hydrogens (tertiary/aromatic N) is 3. The van der Waals surface area contributed by atoms with Crippen LogP contribution < -0.4 is 10.1 Å². The van der Waals surface area contributed by atoms with E-state index < -0.39 is 0 Å². The standard InChI is InChI=1S/C21H30N4O4/c1-15(2)19(26)12-24-8-10-25(11-9-24)13-20-23-18(14-29-20)21(27)22-16-4-6-17(28-3)7-5-16/h4-7,14-15,19,26H,8-13H2,1-3H3,(H,22,27)/t19-/m0/s1. The molecule has 1 atom stereocenters. The van der Waals surface area contributed by atoms with E-state index in [0.717, 1.165) is 31.9 Å². The van der Waals surface area contributed by atoms with Crippen LogP contribution in [0.2, 0.25) is 0 Å². The molecule has 1 aliphatic rings. The highest BCUT2D eigenvalue weighted by molar-refractivity contribution is 6.02. The number of aromatic nitrogens is 1. The number of nitrogens with one attached hydrogen (secondary N) is 1. The lowest BCUT2D eigenvalue weighted by molar-refractivity contribution is 0.0463. The Bertz CT molecular complexity index is 782. The highest BCUT2D eigenvalue weighted by atomic mass is 16.5. The van der Waals surface area contributed by atoms with Crippen LogP contribution in [0.15, 0.2) is 34.9 Å². The van der Waals surface area contributed by atoms with Crippen molar-refractivity contribution in [2.45, 2.75) is 26.5 Å². The number of hydrogen-bond acceptors (Lipinski definition) is 7. The Labute approximate surface area is 171 Å². The van der Waals surface area contributed by atoms with Crippen LogP contribution >= 0.6 is 0 Å². The SMILES string of the molecule is COc1ccc(NC(=O)c2coc(CN3CCN(C[C@H](O)C(C)C)CC3)n2)cc1. The number of hydrogen-bond donors (Lipinski definition) is 2. The molecule has 1 amide bonds. The minimum Gasteiger partial charge on any atom is -0.497 e. The fourth-order valence-corrected chi connectivity index (χ4v) is 3.15. The molecular weight excluding hydrogens is 372 g/mol. The van der Waals surface area contributed by atoms with Gasteiger partial charge in [-0.05, 0) is 30.2 Å². The molecule has 1 aromatic carbocycles. The molecule has 0 bridgehead atoms. The van der Waals surface area contributed by atoms with Crippen molar-refractivity contribution in [2.24, 2.45) is 5.92 Å². The van der Waals surface area contributed by atoms with Crippen molar-refractivity contribution >= 4 is 11.6 Å². The molecule has 0 unspecified atom stereocenters. The number of aliphatic hydroxyl groups is 1. The molecule has 0 radical (unpaired) electrons. The number of rotatable bonds is 8. The van der Waals surface area contributed by atoms with Crippen molar-refractivity contribution in [3.63, 3.8) is 0 Å². The van der Waals surface area contributed by atoms with Crippen LogP contribution in [0.4, 0.5) is 5.69 Å². The van der Waals surface area contributed by atoms with Gasteiger partial charge in [-0.3, -0.25) is 14.6 Å². The average Bonchev–Trinajstić information content (AvgIpc) is 3.18. The van der Waals surface area contributed by atoms with Crippen LogP contribution in [-0.4, -0.2) is 71.7 Å². The number of piperazine rings is 1. The zero-order chi connectivity index (χ0) is 20.8. The van der Waals surface area contributed by atoms with E-state index in [1.165, 1.54) is 6.26 Å². The zero-order valence-electron chi connectivity index (χ0n) is 17.3. The van der Waals surface area contributed by atoms with E-state index in [9.17, 15) is 9.90 Å². The van der Waals surface area contributed by atoms with Crippen molar-refractivity contribution in [1.29, 1.82) is 0 Å². The number of benzene rings is 1. The van der Waals surface area contributed by atoms with Gasteiger partial charge in [0.25, 0.3) is 5.91 Å². The minimum absolute atomic E-state index is 0.259. The molecule has 0 aliphatic carbocycles. The van der Waals surface area contributed by atoms with E-state index in [0.29, 0.717) is 24.7 Å². The molecule has 3 rings (SSSR count). The van der Waals surface area contributed by atoms with Crippen LogP contribution in [0.1, 0.15) is 30.2 Å². The van der Waals surface area contributed by atoms with E-state index in [-0.39, 0.29) is 23.6 Å². The number of ether oxygens (including phenoxy) is 1. The number of β-amino-alcohol motifs (C(OH)–C–C–N with tert-alkyl or cyclic N) is 1. The maximum Gasteiger partial charge on any atom is 0.277 e. The van der Waals surface area contributed by atoms with Gasteiger partial charge in [0, 0.05) is 38.4 Å². The van der Waals surface area contributed by atoms with E-state index in [1.54, 1.807) is 31.4 Å². The molecular formula is C21H30N4O4. The highest BCUT2D eigenvalue weighted by Crippen LogP contribution is 2.16. The summed E-state index contributed by atoms with van der Waals surface area (Å²) in [6.45, 7) is 8.89. The van der Waals surface area contributed by atoms with Crippen LogP contribution in [0.25, 0.3) is 0 Å². The quantitative estimate of drug-likeness (QED) is 0.698. The van der Waals surface area contributed by atoms with Gasteiger partial charge in [0.05, 0.1) is 19.8 Å². The molecule has 8 heteroatoms. The highest BCUT2D eigenvalue weighted by Gasteiger charge is 2.22. The number of carbonyl (C=O) groups is 1. The molecule has 158 valence electrons. The van der Waals surface area contributed by atoms with Gasteiger partial charge in [-0.15, -0.1) is 0 Å². The second-order valence-corrected chi connectivity index (χ2v) is 7.70. The van der Waals surface area contributed by atoms with Crippen molar-refractivity contribution in [3.05, 3.63) is 42.1 Å². The molecule has 1 fully saturated rings. The van der Waals surface area contributed by atoms with Gasteiger partial charge in [0.15, 0.2) is 5.69 Å². The van der Waals surface area contributed by atoms with Gasteiger partial charge in [-0.25, -0.2) is 4.98 Å². The molecule has 2 heterocycles. The molecule has 0 spiro atoms. The smallest absolute Gasteiger partial charge is 0.277 e. The number of methoxy groups -OCH3 is 1. The lowest BCUT2D eigenvalue weighted by atomic mass is 10.1. The van der Waals surface area contributed by atoms with E-state index in [1.807, 2.05) is 13.8 Å². The van der Waals surface area contributed by atoms with Gasteiger partial charge in [0.1, 0.15) is 12.0 Å². The normalized spacial score (nSPS) is 16.7. The van der Waals surface area contributed by atoms with Gasteiger partial charge in [0.2, 0.25) is 5.89 Å². The summed E-state index contributed by atoms with van der Waals surface area (Å²) in [7, 11) is 1.60. The third kappa shape index (κ3) is 6.03. The average molecular weight is 402 g/mol. The summed E-state index contributed by atoms with van der Waals surface area (Å²) in [4.78, 5) is 21.2. The van der Waals surface area contributed by atoms with Crippen LogP contribution in [0, 0.1) is 5.92 Å². The maximum absolute atomic E-state index is 12.4. The van der Waals surface area contributed by atoms with Crippen LogP contribution in [0.3, 0.4) is 0 Å². The molecule has 1 aliphatic heterocycles. The van der Waals surface area contributed by atoms with Gasteiger partial charge < -0.3 is 19.6 Å². The number of anilines is 1. The zero-order valence-corrected chi connectivity index (χ0v) is 17.3. The monoisotopic (exact) mass is 402 g/mol. The summed E-state index contributed by atoms with van der Waals surface area (Å²) in [6, 6.07) is 7.11. The molecule has 2 aromatic rings. The predicted octanol–water partition coefficient (Wildman–Crippen LogP) is 2.07. The predicted molar refractivity (Wildman–Crippen MR) is 110 cm³/mol. The van der Waals surface area contributed by atoms with Gasteiger partial charge in [-0.2, -0.15) is 0 Å². The lowest BCUT2D eigenvalue weighted by Crippen LogP contribution is -2.48. The Balaban J connectivity index is 1.47. The van der Waals surface area contributed by atoms with E-state index in [2.05, 4.69) is 20.1 Å². The topological polar surface area (TPSA) is 91.1 Å². The Kier molecular flexibility index (Phi) is 7.24. The third-order valence-electron chi connectivity index (χ3n) is 5.17. The molecule has 2 N–H and O–H groups in total. The number of aliphatic hydroxyl groups excluding tert-OH is 1. The van der Waals surface area contributed by atoms with Crippen molar-refractivity contribution in [1.82, 2.24) is 14.8 Å². The second kappa shape index (κ2) is 9.87. The van der Waals surface area contributed by atoms with Crippen LogP contribution in [0.5, 0.6) is 5.75 Å². The first-order valence-corrected chi connectivity index (χ1v) is 9.97. The van der Waals surface area contributed by atoms with Crippen molar-refractivity contribution in [2.75, 3.05) is 45.2 Å². The third-order valence-corrected chi connectivity index (χ3v) is 5.17. The summed E-state index contributed by atoms with van der Waals surface area (Å²) >= 11 is 0. The summed E-state index contributed by atoms with van der Waals surface area (Å²) in [5, 5.41) is 12.8. The second-order valence-electron chi connectivity index (χ2n) is 7.70. The van der Waals surface area contributed by atoms with Crippen LogP contribution in [-0.2, 0) is 6.54 Å².